The van der Waals surface area contributed by atoms with E-state index in [1.54, 1.807) is 12.1 Å². The lowest BCUT2D eigenvalue weighted by atomic mass is 10.1. The highest BCUT2D eigenvalue weighted by Gasteiger charge is 2.06. The van der Waals surface area contributed by atoms with Crippen molar-refractivity contribution in [3.05, 3.63) is 22.2 Å². The van der Waals surface area contributed by atoms with Gasteiger partial charge >= 0.3 is 0 Å². The Hall–Kier alpha value is -0.600. The summed E-state index contributed by atoms with van der Waals surface area (Å²) in [7, 11) is 0. The van der Waals surface area contributed by atoms with Crippen LogP contribution in [0.5, 0.6) is 5.75 Å². The number of rotatable bonds is 4. The lowest BCUT2D eigenvalue weighted by molar-refractivity contribution is 0.476. The van der Waals surface area contributed by atoms with Gasteiger partial charge in [0.1, 0.15) is 0 Å². The molecule has 0 spiro atoms. The van der Waals surface area contributed by atoms with Gasteiger partial charge in [-0.1, -0.05) is 43.5 Å². The summed E-state index contributed by atoms with van der Waals surface area (Å²) in [5.74, 6) is 0.531. The predicted molar refractivity (Wildman–Crippen MR) is 66.1 cm³/mol. The van der Waals surface area contributed by atoms with Crippen LogP contribution in [0.25, 0.3) is 0 Å². The molecule has 1 atom stereocenters. The van der Waals surface area contributed by atoms with E-state index in [2.05, 4.69) is 19.2 Å². The van der Waals surface area contributed by atoms with Gasteiger partial charge in [-0.2, -0.15) is 0 Å². The number of anilines is 1. The van der Waals surface area contributed by atoms with E-state index in [1.807, 2.05) is 0 Å². The van der Waals surface area contributed by atoms with Gasteiger partial charge in [0.2, 0.25) is 0 Å². The van der Waals surface area contributed by atoms with Crippen LogP contribution >= 0.6 is 23.2 Å². The minimum absolute atomic E-state index is 0.0626. The minimum atomic E-state index is -0.0626. The van der Waals surface area contributed by atoms with Gasteiger partial charge in [-0.15, -0.1) is 0 Å². The second kappa shape index (κ2) is 5.47. The van der Waals surface area contributed by atoms with Crippen LogP contribution in [-0.2, 0) is 0 Å². The molecule has 0 heterocycles. The van der Waals surface area contributed by atoms with Crippen molar-refractivity contribution in [2.75, 3.05) is 11.9 Å². The first-order valence-electron chi connectivity index (χ1n) is 4.96. The van der Waals surface area contributed by atoms with Gasteiger partial charge in [0.25, 0.3) is 0 Å². The number of hydrogen-bond acceptors (Lipinski definition) is 2. The van der Waals surface area contributed by atoms with Crippen molar-refractivity contribution in [3.63, 3.8) is 0 Å². The molecule has 4 heteroatoms. The van der Waals surface area contributed by atoms with Crippen molar-refractivity contribution < 1.29 is 5.11 Å². The van der Waals surface area contributed by atoms with Crippen LogP contribution in [0, 0.1) is 5.92 Å². The van der Waals surface area contributed by atoms with Gasteiger partial charge < -0.3 is 10.4 Å². The number of phenols is 1. The summed E-state index contributed by atoms with van der Waals surface area (Å²) in [6, 6.07) is 3.34. The highest BCUT2D eigenvalue weighted by molar-refractivity contribution is 6.37. The molecule has 2 N–H and O–H groups in total. The van der Waals surface area contributed by atoms with Crippen molar-refractivity contribution in [2.24, 2.45) is 5.92 Å². The summed E-state index contributed by atoms with van der Waals surface area (Å²) in [5, 5.41) is 13.1. The molecule has 1 unspecified atom stereocenters. The van der Waals surface area contributed by atoms with Gasteiger partial charge in [0, 0.05) is 12.2 Å². The lowest BCUT2D eigenvalue weighted by Gasteiger charge is -2.12. The highest BCUT2D eigenvalue weighted by atomic mass is 35.5. The van der Waals surface area contributed by atoms with E-state index in [0.717, 1.165) is 18.7 Å². The third-order valence-electron chi connectivity index (χ3n) is 2.37. The smallest absolute Gasteiger partial charge is 0.152 e. The molecule has 0 aliphatic rings. The average Bonchev–Trinajstić information content (AvgIpc) is 2.22. The molecule has 0 aliphatic heterocycles. The first-order chi connectivity index (χ1) is 7.04. The van der Waals surface area contributed by atoms with E-state index in [-0.39, 0.29) is 15.8 Å². The molecule has 0 saturated heterocycles. The van der Waals surface area contributed by atoms with Crippen molar-refractivity contribution in [1.82, 2.24) is 0 Å². The van der Waals surface area contributed by atoms with E-state index in [0.29, 0.717) is 5.92 Å². The zero-order valence-corrected chi connectivity index (χ0v) is 10.4. The molecule has 0 fully saturated rings. The summed E-state index contributed by atoms with van der Waals surface area (Å²) in [5.41, 5.74) is 0.836. The number of aromatic hydroxyl groups is 1. The Kier molecular flexibility index (Phi) is 4.55. The third-order valence-corrected chi connectivity index (χ3v) is 2.94. The molecule has 0 aliphatic carbocycles. The molecule has 1 aromatic carbocycles. The van der Waals surface area contributed by atoms with Crippen molar-refractivity contribution in [2.45, 2.75) is 20.3 Å². The molecule has 15 heavy (non-hydrogen) atoms. The number of phenolic OH excluding ortho intramolecular Hbond substituents is 1. The molecule has 0 amide bonds. The Labute approximate surface area is 100 Å². The summed E-state index contributed by atoms with van der Waals surface area (Å²) >= 11 is 11.6. The van der Waals surface area contributed by atoms with Gasteiger partial charge in [-0.25, -0.2) is 0 Å². The maximum Gasteiger partial charge on any atom is 0.152 e. The van der Waals surface area contributed by atoms with E-state index in [4.69, 9.17) is 23.2 Å². The summed E-state index contributed by atoms with van der Waals surface area (Å²) in [6.07, 6.45) is 1.12. The fourth-order valence-electron chi connectivity index (χ4n) is 1.10. The maximum atomic E-state index is 9.36. The summed E-state index contributed by atoms with van der Waals surface area (Å²) in [6.45, 7) is 5.17. The van der Waals surface area contributed by atoms with Crippen LogP contribution in [-0.4, -0.2) is 11.7 Å². The SMILES string of the molecule is CCC(C)CNc1cc(Cl)c(O)c(Cl)c1. The Morgan fingerprint density at radius 3 is 2.33 bits per heavy atom. The summed E-state index contributed by atoms with van der Waals surface area (Å²) < 4.78 is 0. The lowest BCUT2D eigenvalue weighted by Crippen LogP contribution is -2.10. The Bertz CT molecular complexity index is 318. The van der Waals surface area contributed by atoms with E-state index in [1.165, 1.54) is 0 Å². The first kappa shape index (κ1) is 12.5. The Balaban J connectivity index is 2.70. The van der Waals surface area contributed by atoms with Crippen molar-refractivity contribution in [1.29, 1.82) is 0 Å². The first-order valence-corrected chi connectivity index (χ1v) is 5.72. The molecule has 2 nitrogen and oxygen atoms in total. The Morgan fingerprint density at radius 1 is 1.33 bits per heavy atom. The normalized spacial score (nSPS) is 12.5. The molecule has 0 radical (unpaired) electrons. The van der Waals surface area contributed by atoms with Crippen molar-refractivity contribution >= 4 is 28.9 Å². The zero-order chi connectivity index (χ0) is 11.4. The third kappa shape index (κ3) is 3.47. The van der Waals surface area contributed by atoms with Gasteiger partial charge in [-0.3, -0.25) is 0 Å². The second-order valence-electron chi connectivity index (χ2n) is 3.68. The quantitative estimate of drug-likeness (QED) is 0.784. The topological polar surface area (TPSA) is 32.3 Å². The fourth-order valence-corrected chi connectivity index (χ4v) is 1.59. The molecule has 1 rings (SSSR count). The largest absolute Gasteiger partial charge is 0.505 e. The predicted octanol–water partition coefficient (Wildman–Crippen LogP) is 4.16. The number of benzene rings is 1. The number of hydrogen-bond donors (Lipinski definition) is 2. The number of halogens is 2. The van der Waals surface area contributed by atoms with Crippen LogP contribution in [0.3, 0.4) is 0 Å². The monoisotopic (exact) mass is 247 g/mol. The molecular weight excluding hydrogens is 233 g/mol. The van der Waals surface area contributed by atoms with E-state index < -0.39 is 0 Å². The van der Waals surface area contributed by atoms with Crippen LogP contribution in [0.1, 0.15) is 20.3 Å². The van der Waals surface area contributed by atoms with Crippen LogP contribution in [0.15, 0.2) is 12.1 Å². The van der Waals surface area contributed by atoms with Crippen LogP contribution < -0.4 is 5.32 Å². The van der Waals surface area contributed by atoms with Gasteiger partial charge in [-0.05, 0) is 18.1 Å². The van der Waals surface area contributed by atoms with E-state index >= 15 is 0 Å². The second-order valence-corrected chi connectivity index (χ2v) is 4.50. The highest BCUT2D eigenvalue weighted by Crippen LogP contribution is 2.34. The zero-order valence-electron chi connectivity index (χ0n) is 8.85. The minimum Gasteiger partial charge on any atom is -0.505 e. The summed E-state index contributed by atoms with van der Waals surface area (Å²) in [4.78, 5) is 0. The van der Waals surface area contributed by atoms with Crippen LogP contribution in [0.4, 0.5) is 5.69 Å². The molecule has 0 bridgehead atoms. The fraction of sp³-hybridized carbons (Fsp3) is 0.455. The Morgan fingerprint density at radius 2 is 1.87 bits per heavy atom. The standard InChI is InChI=1S/C11H15Cl2NO/c1-3-7(2)6-14-8-4-9(12)11(15)10(13)5-8/h4-5,7,14-15H,3,6H2,1-2H3. The molecule has 0 aromatic heterocycles. The van der Waals surface area contributed by atoms with E-state index in [9.17, 15) is 5.11 Å². The number of nitrogens with one attached hydrogen (secondary N) is 1. The van der Waals surface area contributed by atoms with Gasteiger partial charge in [0.05, 0.1) is 10.0 Å². The molecule has 0 saturated carbocycles. The molecule has 84 valence electrons. The van der Waals surface area contributed by atoms with Crippen LogP contribution in [0.2, 0.25) is 10.0 Å². The van der Waals surface area contributed by atoms with Crippen molar-refractivity contribution in [3.8, 4) is 5.75 Å². The molecule has 1 aromatic rings. The van der Waals surface area contributed by atoms with Gasteiger partial charge in [0.15, 0.2) is 5.75 Å². The average molecular weight is 248 g/mol. The molecular formula is C11H15Cl2NO. The maximum absolute atomic E-state index is 9.36.